The molecular formula is C19H19N5O4S3. The maximum atomic E-state index is 13.0. The molecule has 9 nitrogen and oxygen atoms in total. The fourth-order valence-corrected chi connectivity index (χ4v) is 7.31. The molecule has 31 heavy (non-hydrogen) atoms. The predicted molar refractivity (Wildman–Crippen MR) is 120 cm³/mol. The summed E-state index contributed by atoms with van der Waals surface area (Å²) in [6.45, 7) is 0.392. The highest BCUT2D eigenvalue weighted by Crippen LogP contribution is 2.26. The number of benzene rings is 2. The Kier molecular flexibility index (Phi) is 6.03. The largest absolute Gasteiger partial charge is 0.308 e. The van der Waals surface area contributed by atoms with E-state index in [2.05, 4.69) is 25.4 Å². The van der Waals surface area contributed by atoms with E-state index >= 15 is 0 Å². The van der Waals surface area contributed by atoms with Gasteiger partial charge in [0.2, 0.25) is 19.9 Å². The first kappa shape index (κ1) is 21.4. The summed E-state index contributed by atoms with van der Waals surface area (Å²) in [5.41, 5.74) is 4.05. The fraction of sp³-hybridized carbons (Fsp3) is 0.211. The van der Waals surface area contributed by atoms with Gasteiger partial charge in [-0.2, -0.15) is 5.10 Å². The number of hydrazone groups is 1. The van der Waals surface area contributed by atoms with Gasteiger partial charge >= 0.3 is 0 Å². The zero-order valence-electron chi connectivity index (χ0n) is 16.2. The minimum Gasteiger partial charge on any atom is -0.308 e. The van der Waals surface area contributed by atoms with Gasteiger partial charge in [-0.05, 0) is 17.7 Å². The summed E-state index contributed by atoms with van der Waals surface area (Å²) in [6.07, 6.45) is 0. The third-order valence-corrected chi connectivity index (χ3v) is 8.64. The first-order valence-electron chi connectivity index (χ1n) is 9.27. The van der Waals surface area contributed by atoms with Gasteiger partial charge in [0.15, 0.2) is 5.04 Å². The standard InChI is InChI=1S/C19H19N5O4S3/c25-30(26,19-16(11-20-23-19)14-7-3-1-4-8-14)12-17-21-22-18(29-17)13-31(27,28)24-15-9-5-2-6-10-15/h1-10,16,20,24H,11-13H2. The average molecular weight is 478 g/mol. The number of aromatic nitrogens is 2. The topological polar surface area (TPSA) is 130 Å². The number of nitrogens with zero attached hydrogens (tertiary/aromatic N) is 3. The molecule has 1 aliphatic rings. The van der Waals surface area contributed by atoms with Gasteiger partial charge in [-0.3, -0.25) is 4.72 Å². The molecule has 0 radical (unpaired) electrons. The van der Waals surface area contributed by atoms with E-state index in [9.17, 15) is 16.8 Å². The molecule has 12 heteroatoms. The third kappa shape index (κ3) is 5.27. The Bertz CT molecular complexity index is 1290. The van der Waals surface area contributed by atoms with E-state index in [1.165, 1.54) is 0 Å². The lowest BCUT2D eigenvalue weighted by Crippen LogP contribution is -2.23. The van der Waals surface area contributed by atoms with E-state index in [0.29, 0.717) is 12.2 Å². The molecule has 0 fully saturated rings. The second-order valence-electron chi connectivity index (χ2n) is 6.85. The van der Waals surface area contributed by atoms with E-state index in [-0.39, 0.29) is 26.7 Å². The maximum Gasteiger partial charge on any atom is 0.239 e. The molecule has 2 heterocycles. The van der Waals surface area contributed by atoms with E-state index in [1.54, 1.807) is 30.3 Å². The van der Waals surface area contributed by atoms with Crippen LogP contribution in [0.1, 0.15) is 21.5 Å². The van der Waals surface area contributed by atoms with Crippen molar-refractivity contribution in [1.82, 2.24) is 15.6 Å². The molecule has 0 saturated heterocycles. The van der Waals surface area contributed by atoms with E-state index in [1.807, 2.05) is 30.3 Å². The van der Waals surface area contributed by atoms with Crippen LogP contribution < -0.4 is 10.1 Å². The summed E-state index contributed by atoms with van der Waals surface area (Å²) in [5.74, 6) is -1.16. The Labute approximate surface area is 184 Å². The van der Waals surface area contributed by atoms with Gasteiger partial charge in [0.25, 0.3) is 0 Å². The summed E-state index contributed by atoms with van der Waals surface area (Å²) in [5, 5.41) is 12.2. The van der Waals surface area contributed by atoms with Crippen molar-refractivity contribution >= 4 is 41.9 Å². The van der Waals surface area contributed by atoms with Crippen LogP contribution in [-0.2, 0) is 31.4 Å². The molecule has 3 aromatic rings. The quantitative estimate of drug-likeness (QED) is 0.533. The van der Waals surface area contributed by atoms with Crippen molar-refractivity contribution in [1.29, 1.82) is 0 Å². The van der Waals surface area contributed by atoms with Crippen LogP contribution in [0.2, 0.25) is 0 Å². The molecule has 162 valence electrons. The lowest BCUT2D eigenvalue weighted by atomic mass is 10.0. The molecule has 2 N–H and O–H groups in total. The van der Waals surface area contributed by atoms with Gasteiger partial charge in [0.05, 0.1) is 5.92 Å². The Morgan fingerprint density at radius 2 is 1.52 bits per heavy atom. The predicted octanol–water partition coefficient (Wildman–Crippen LogP) is 2.10. The fourth-order valence-electron chi connectivity index (χ4n) is 3.14. The van der Waals surface area contributed by atoms with Gasteiger partial charge in [-0.1, -0.05) is 59.9 Å². The Hall–Kier alpha value is -2.83. The van der Waals surface area contributed by atoms with Crippen LogP contribution in [-0.4, -0.2) is 38.6 Å². The van der Waals surface area contributed by atoms with Crippen LogP contribution in [0.25, 0.3) is 0 Å². The van der Waals surface area contributed by atoms with Crippen LogP contribution in [0.3, 0.4) is 0 Å². The number of hydrogen-bond acceptors (Lipinski definition) is 9. The first-order chi connectivity index (χ1) is 14.8. The molecule has 1 atom stereocenters. The first-order valence-corrected chi connectivity index (χ1v) is 13.4. The normalized spacial score (nSPS) is 16.5. The van der Waals surface area contributed by atoms with E-state index < -0.39 is 25.6 Å². The third-order valence-electron chi connectivity index (χ3n) is 4.49. The smallest absolute Gasteiger partial charge is 0.239 e. The summed E-state index contributed by atoms with van der Waals surface area (Å²) >= 11 is 0.957. The summed E-state index contributed by atoms with van der Waals surface area (Å²) < 4.78 is 53.1. The molecular weight excluding hydrogens is 458 g/mol. The Morgan fingerprint density at radius 1 is 0.903 bits per heavy atom. The Balaban J connectivity index is 1.46. The molecule has 0 aliphatic carbocycles. The molecule has 0 bridgehead atoms. The average Bonchev–Trinajstić information content (AvgIpc) is 3.38. The molecule has 0 amide bonds. The van der Waals surface area contributed by atoms with Gasteiger partial charge in [-0.15, -0.1) is 10.2 Å². The van der Waals surface area contributed by atoms with Gasteiger partial charge in [0, 0.05) is 12.2 Å². The van der Waals surface area contributed by atoms with Crippen LogP contribution >= 0.6 is 11.3 Å². The summed E-state index contributed by atoms with van der Waals surface area (Å²) in [4.78, 5) is 0. The highest BCUT2D eigenvalue weighted by Gasteiger charge is 2.34. The summed E-state index contributed by atoms with van der Waals surface area (Å²) in [6, 6.07) is 17.8. The minimum absolute atomic E-state index is 0.0498. The number of sulfonamides is 1. The van der Waals surface area contributed by atoms with Gasteiger partial charge in [0.1, 0.15) is 21.5 Å². The lowest BCUT2D eigenvalue weighted by molar-refractivity contribution is 0.599. The van der Waals surface area contributed by atoms with E-state index in [4.69, 9.17) is 0 Å². The second-order valence-corrected chi connectivity index (χ2v) is 11.7. The second kappa shape index (κ2) is 8.73. The van der Waals surface area contributed by atoms with Crippen molar-refractivity contribution in [2.75, 3.05) is 11.3 Å². The number of hydrogen-bond donors (Lipinski definition) is 2. The van der Waals surface area contributed by atoms with Crippen LogP contribution in [0, 0.1) is 0 Å². The molecule has 1 aromatic heterocycles. The van der Waals surface area contributed by atoms with Crippen molar-refractivity contribution in [3.8, 4) is 0 Å². The van der Waals surface area contributed by atoms with Crippen molar-refractivity contribution in [3.63, 3.8) is 0 Å². The van der Waals surface area contributed by atoms with E-state index in [0.717, 1.165) is 16.9 Å². The number of rotatable bonds is 7. The molecule has 2 aromatic carbocycles. The highest BCUT2D eigenvalue weighted by molar-refractivity contribution is 8.06. The molecule has 4 rings (SSSR count). The number of sulfone groups is 1. The van der Waals surface area contributed by atoms with Crippen LogP contribution in [0.15, 0.2) is 65.8 Å². The van der Waals surface area contributed by atoms with Crippen LogP contribution in [0.5, 0.6) is 0 Å². The summed E-state index contributed by atoms with van der Waals surface area (Å²) in [7, 11) is -7.46. The van der Waals surface area contributed by atoms with Crippen molar-refractivity contribution in [2.24, 2.45) is 5.10 Å². The molecule has 0 spiro atoms. The SMILES string of the molecule is O=S(=O)(Cc1nnc(CS(=O)(=O)C2=NNCC2c2ccccc2)s1)Nc1ccccc1. The van der Waals surface area contributed by atoms with Crippen molar-refractivity contribution in [3.05, 3.63) is 76.2 Å². The minimum atomic E-state index is -3.76. The molecule has 1 unspecified atom stereocenters. The highest BCUT2D eigenvalue weighted by atomic mass is 32.2. The van der Waals surface area contributed by atoms with Crippen molar-refractivity contribution < 1.29 is 16.8 Å². The monoisotopic (exact) mass is 477 g/mol. The molecule has 1 aliphatic heterocycles. The van der Waals surface area contributed by atoms with Crippen molar-refractivity contribution in [2.45, 2.75) is 17.4 Å². The molecule has 0 saturated carbocycles. The Morgan fingerprint density at radius 3 is 2.19 bits per heavy atom. The zero-order valence-corrected chi connectivity index (χ0v) is 18.6. The number of nitrogens with one attached hydrogen (secondary N) is 2. The lowest BCUT2D eigenvalue weighted by Gasteiger charge is -2.11. The van der Waals surface area contributed by atoms with Gasteiger partial charge in [-0.25, -0.2) is 16.8 Å². The zero-order chi connectivity index (χ0) is 21.9. The maximum absolute atomic E-state index is 13.0. The van der Waals surface area contributed by atoms with Gasteiger partial charge < -0.3 is 5.43 Å². The number of anilines is 1. The van der Waals surface area contributed by atoms with Crippen LogP contribution in [0.4, 0.5) is 5.69 Å². The number of para-hydroxylation sites is 1.